The molecule has 1 saturated heterocycles. The zero-order valence-corrected chi connectivity index (χ0v) is 14.5. The average Bonchev–Trinajstić information content (AvgIpc) is 3.06. The summed E-state index contributed by atoms with van der Waals surface area (Å²) in [5.74, 6) is 2.12. The van der Waals surface area contributed by atoms with Gasteiger partial charge in [-0.3, -0.25) is 0 Å². The number of fused-ring (bicyclic) bond motifs is 1. The number of nitrogens with zero attached hydrogens (tertiary/aromatic N) is 4. The molecule has 3 heterocycles. The monoisotopic (exact) mass is 331 g/mol. The molecular weight excluding hydrogens is 302 g/mol. The van der Waals surface area contributed by atoms with Crippen LogP contribution < -0.4 is 5.32 Å². The fourth-order valence-electron chi connectivity index (χ4n) is 4.52. The number of rotatable bonds is 2. The van der Waals surface area contributed by atoms with Crippen LogP contribution in [-0.2, 0) is 13.0 Å². The SMILES string of the molecule is O=C(NC1CCCCC1)N1CCCCC1c1nnc2n1CCCC2. The standard InChI is InChI=1S/C18H29N5O/c24-18(19-14-8-2-1-3-9-14)22-12-6-4-10-15(22)17-21-20-16-11-5-7-13-23(16)17/h14-15H,1-13H2,(H,19,24). The van der Waals surface area contributed by atoms with Crippen LogP contribution in [0.4, 0.5) is 4.79 Å². The molecule has 1 aliphatic carbocycles. The Hall–Kier alpha value is -1.59. The summed E-state index contributed by atoms with van der Waals surface area (Å²) >= 11 is 0. The van der Waals surface area contributed by atoms with Gasteiger partial charge in [0.05, 0.1) is 6.04 Å². The first-order valence-corrected chi connectivity index (χ1v) is 9.82. The van der Waals surface area contributed by atoms with E-state index in [-0.39, 0.29) is 12.1 Å². The second-order valence-electron chi connectivity index (χ2n) is 7.57. The minimum atomic E-state index is 0.0988. The maximum Gasteiger partial charge on any atom is 0.318 e. The number of nitrogens with one attached hydrogen (secondary N) is 1. The van der Waals surface area contributed by atoms with Crippen LogP contribution in [0.15, 0.2) is 0 Å². The van der Waals surface area contributed by atoms with E-state index in [1.807, 2.05) is 4.90 Å². The first-order valence-electron chi connectivity index (χ1n) is 9.82. The molecule has 2 amide bonds. The first kappa shape index (κ1) is 15.9. The van der Waals surface area contributed by atoms with Crippen molar-refractivity contribution in [2.75, 3.05) is 6.54 Å². The third-order valence-electron chi connectivity index (χ3n) is 5.88. The van der Waals surface area contributed by atoms with Crippen molar-refractivity contribution < 1.29 is 4.79 Å². The highest BCUT2D eigenvalue weighted by atomic mass is 16.2. The van der Waals surface area contributed by atoms with Crippen molar-refractivity contribution in [1.29, 1.82) is 0 Å². The Kier molecular flexibility index (Phi) is 4.72. The summed E-state index contributed by atoms with van der Waals surface area (Å²) < 4.78 is 2.28. The Morgan fingerprint density at radius 1 is 0.917 bits per heavy atom. The number of hydrogen-bond acceptors (Lipinski definition) is 3. The van der Waals surface area contributed by atoms with Crippen molar-refractivity contribution in [3.05, 3.63) is 11.6 Å². The molecule has 4 rings (SSSR count). The number of urea groups is 1. The molecule has 24 heavy (non-hydrogen) atoms. The second kappa shape index (κ2) is 7.11. The minimum Gasteiger partial charge on any atom is -0.335 e. The summed E-state index contributed by atoms with van der Waals surface area (Å²) in [6.45, 7) is 1.84. The third kappa shape index (κ3) is 3.15. The average molecular weight is 331 g/mol. The van der Waals surface area contributed by atoms with Gasteiger partial charge in [0, 0.05) is 25.6 Å². The smallest absolute Gasteiger partial charge is 0.318 e. The third-order valence-corrected chi connectivity index (χ3v) is 5.88. The zero-order chi connectivity index (χ0) is 16.4. The summed E-state index contributed by atoms with van der Waals surface area (Å²) in [6, 6.07) is 0.572. The van der Waals surface area contributed by atoms with Crippen LogP contribution in [0, 0.1) is 0 Å². The Morgan fingerprint density at radius 2 is 1.71 bits per heavy atom. The largest absolute Gasteiger partial charge is 0.335 e. The predicted molar refractivity (Wildman–Crippen MR) is 91.7 cm³/mol. The highest BCUT2D eigenvalue weighted by molar-refractivity contribution is 5.75. The molecule has 0 radical (unpaired) electrons. The van der Waals surface area contributed by atoms with E-state index in [0.717, 1.165) is 56.8 Å². The normalized spacial score (nSPS) is 25.3. The Morgan fingerprint density at radius 3 is 2.58 bits per heavy atom. The van der Waals surface area contributed by atoms with Gasteiger partial charge in [0.15, 0.2) is 5.82 Å². The number of likely N-dealkylation sites (tertiary alicyclic amines) is 1. The molecule has 1 N–H and O–H groups in total. The Balaban J connectivity index is 1.50. The van der Waals surface area contributed by atoms with E-state index in [9.17, 15) is 4.79 Å². The molecule has 2 aliphatic heterocycles. The van der Waals surface area contributed by atoms with Gasteiger partial charge in [-0.25, -0.2) is 4.79 Å². The molecule has 3 aliphatic rings. The number of amides is 2. The van der Waals surface area contributed by atoms with Gasteiger partial charge in [0.2, 0.25) is 0 Å². The van der Waals surface area contributed by atoms with Crippen molar-refractivity contribution >= 4 is 6.03 Å². The van der Waals surface area contributed by atoms with Gasteiger partial charge in [-0.15, -0.1) is 10.2 Å². The van der Waals surface area contributed by atoms with E-state index in [4.69, 9.17) is 0 Å². The lowest BCUT2D eigenvalue weighted by Crippen LogP contribution is -2.49. The van der Waals surface area contributed by atoms with Crippen LogP contribution in [0.1, 0.15) is 81.9 Å². The molecule has 132 valence electrons. The summed E-state index contributed by atoms with van der Waals surface area (Å²) in [6.07, 6.45) is 12.7. The molecule has 2 fully saturated rings. The zero-order valence-electron chi connectivity index (χ0n) is 14.5. The number of piperidine rings is 1. The van der Waals surface area contributed by atoms with Crippen molar-refractivity contribution in [1.82, 2.24) is 25.0 Å². The van der Waals surface area contributed by atoms with Gasteiger partial charge >= 0.3 is 6.03 Å². The van der Waals surface area contributed by atoms with Crippen molar-refractivity contribution in [3.63, 3.8) is 0 Å². The van der Waals surface area contributed by atoms with E-state index in [1.165, 1.54) is 38.5 Å². The van der Waals surface area contributed by atoms with Gasteiger partial charge in [-0.05, 0) is 44.9 Å². The van der Waals surface area contributed by atoms with Crippen LogP contribution in [0.3, 0.4) is 0 Å². The summed E-state index contributed by atoms with van der Waals surface area (Å²) in [5, 5.41) is 12.2. The van der Waals surface area contributed by atoms with Crippen molar-refractivity contribution in [2.24, 2.45) is 0 Å². The van der Waals surface area contributed by atoms with Crippen LogP contribution in [0.5, 0.6) is 0 Å². The van der Waals surface area contributed by atoms with Crippen molar-refractivity contribution in [3.8, 4) is 0 Å². The van der Waals surface area contributed by atoms with Gasteiger partial charge in [-0.2, -0.15) is 0 Å². The molecule has 0 bridgehead atoms. The highest BCUT2D eigenvalue weighted by Crippen LogP contribution is 2.32. The fraction of sp³-hybridized carbons (Fsp3) is 0.833. The lowest BCUT2D eigenvalue weighted by molar-refractivity contribution is 0.140. The van der Waals surface area contributed by atoms with Crippen LogP contribution >= 0.6 is 0 Å². The molecule has 1 atom stereocenters. The van der Waals surface area contributed by atoms with Gasteiger partial charge in [0.25, 0.3) is 0 Å². The van der Waals surface area contributed by atoms with E-state index in [2.05, 4.69) is 20.1 Å². The molecule has 0 spiro atoms. The highest BCUT2D eigenvalue weighted by Gasteiger charge is 2.33. The summed E-state index contributed by atoms with van der Waals surface area (Å²) in [5.41, 5.74) is 0. The van der Waals surface area contributed by atoms with Gasteiger partial charge < -0.3 is 14.8 Å². The minimum absolute atomic E-state index is 0.0988. The Bertz CT molecular complexity index is 578. The summed E-state index contributed by atoms with van der Waals surface area (Å²) in [4.78, 5) is 14.9. The van der Waals surface area contributed by atoms with E-state index >= 15 is 0 Å². The number of hydrogen-bond donors (Lipinski definition) is 1. The van der Waals surface area contributed by atoms with Crippen LogP contribution in [0.2, 0.25) is 0 Å². The molecule has 0 aromatic carbocycles. The molecule has 6 heteroatoms. The molecular formula is C18H29N5O. The lowest BCUT2D eigenvalue weighted by Gasteiger charge is -2.37. The molecule has 1 aromatic rings. The first-order chi connectivity index (χ1) is 11.8. The molecule has 1 saturated carbocycles. The topological polar surface area (TPSA) is 63.1 Å². The second-order valence-corrected chi connectivity index (χ2v) is 7.57. The number of carbonyl (C=O) groups is 1. The van der Waals surface area contributed by atoms with E-state index in [1.54, 1.807) is 0 Å². The predicted octanol–water partition coefficient (Wildman–Crippen LogP) is 3.18. The maximum absolute atomic E-state index is 12.9. The number of aromatic nitrogens is 3. The molecule has 6 nitrogen and oxygen atoms in total. The summed E-state index contributed by atoms with van der Waals surface area (Å²) in [7, 11) is 0. The van der Waals surface area contributed by atoms with Gasteiger partial charge in [0.1, 0.15) is 5.82 Å². The quantitative estimate of drug-likeness (QED) is 0.905. The molecule has 1 aromatic heterocycles. The van der Waals surface area contributed by atoms with Crippen LogP contribution in [0.25, 0.3) is 0 Å². The van der Waals surface area contributed by atoms with Crippen LogP contribution in [-0.4, -0.2) is 38.3 Å². The number of aryl methyl sites for hydroxylation is 1. The fourth-order valence-corrected chi connectivity index (χ4v) is 4.52. The van der Waals surface area contributed by atoms with E-state index in [0.29, 0.717) is 6.04 Å². The molecule has 1 unspecified atom stereocenters. The maximum atomic E-state index is 12.9. The van der Waals surface area contributed by atoms with Crippen molar-refractivity contribution in [2.45, 2.75) is 89.3 Å². The van der Waals surface area contributed by atoms with Gasteiger partial charge in [-0.1, -0.05) is 19.3 Å². The number of carbonyl (C=O) groups excluding carboxylic acids is 1. The lowest BCUT2D eigenvalue weighted by atomic mass is 9.95. The Labute approximate surface area is 144 Å². The van der Waals surface area contributed by atoms with E-state index < -0.39 is 0 Å².